The minimum atomic E-state index is -3.94. The number of amides is 1. The van der Waals surface area contributed by atoms with Crippen LogP contribution in [0, 0.1) is 0 Å². The molecule has 0 spiro atoms. The van der Waals surface area contributed by atoms with Gasteiger partial charge in [-0.15, -0.1) is 0 Å². The fourth-order valence-corrected chi connectivity index (χ4v) is 5.24. The Bertz CT molecular complexity index is 1350. The van der Waals surface area contributed by atoms with E-state index in [4.69, 9.17) is 16.3 Å². The van der Waals surface area contributed by atoms with Gasteiger partial charge in [0.2, 0.25) is 10.0 Å². The molecule has 0 aliphatic carbocycles. The zero-order valence-corrected chi connectivity index (χ0v) is 19.4. The molecule has 1 amide bonds. The van der Waals surface area contributed by atoms with Crippen molar-refractivity contribution in [3.05, 3.63) is 69.2 Å². The summed E-state index contributed by atoms with van der Waals surface area (Å²) in [6.45, 7) is 0.777. The number of hydrogen-bond donors (Lipinski definition) is 2. The van der Waals surface area contributed by atoms with E-state index in [2.05, 4.69) is 14.7 Å². The van der Waals surface area contributed by atoms with Crippen molar-refractivity contribution < 1.29 is 17.9 Å². The molecule has 4 rings (SSSR count). The molecule has 2 aromatic carbocycles. The number of fused-ring (bicyclic) bond motifs is 1. The number of para-hydroxylation sites is 1. The van der Waals surface area contributed by atoms with Crippen LogP contribution in [0.25, 0.3) is 10.9 Å². The minimum absolute atomic E-state index is 0.00886. The van der Waals surface area contributed by atoms with Crippen LogP contribution in [-0.2, 0) is 21.3 Å². The van der Waals surface area contributed by atoms with Gasteiger partial charge in [0.1, 0.15) is 10.7 Å². The molecule has 1 aromatic heterocycles. The van der Waals surface area contributed by atoms with Crippen molar-refractivity contribution >= 4 is 38.4 Å². The molecular formula is C22H23ClN4O5S. The lowest BCUT2D eigenvalue weighted by molar-refractivity contribution is 0.0781. The molecule has 174 valence electrons. The molecule has 1 atom stereocenters. The highest BCUT2D eigenvalue weighted by Gasteiger charge is 2.24. The van der Waals surface area contributed by atoms with Crippen molar-refractivity contribution in [2.75, 3.05) is 20.2 Å². The largest absolute Gasteiger partial charge is 0.377 e. The van der Waals surface area contributed by atoms with Gasteiger partial charge in [-0.2, -0.15) is 0 Å². The van der Waals surface area contributed by atoms with Gasteiger partial charge in [-0.3, -0.25) is 9.59 Å². The van der Waals surface area contributed by atoms with E-state index in [9.17, 15) is 18.0 Å². The van der Waals surface area contributed by atoms with E-state index >= 15 is 0 Å². The number of carbonyl (C=O) groups excluding carboxylic acids is 1. The fourth-order valence-electron chi connectivity index (χ4n) is 3.65. The third-order valence-electron chi connectivity index (χ3n) is 5.39. The molecule has 33 heavy (non-hydrogen) atoms. The molecule has 11 heteroatoms. The highest BCUT2D eigenvalue weighted by atomic mass is 35.5. The predicted octanol–water partition coefficient (Wildman–Crippen LogP) is 2.31. The summed E-state index contributed by atoms with van der Waals surface area (Å²) in [7, 11) is -2.40. The standard InChI is InChI=1S/C22H23ClN4O5S/c1-27(13-20-25-18-7-3-2-6-16(18)21(28)26-20)22(29)14-8-9-17(23)19(11-14)33(30,31)24-12-15-5-4-10-32-15/h2-3,6-9,11,15,24H,4-5,10,12-13H2,1H3,(H,25,26,28)/t15-/m1/s1. The lowest BCUT2D eigenvalue weighted by Crippen LogP contribution is -2.32. The monoisotopic (exact) mass is 490 g/mol. The van der Waals surface area contributed by atoms with Crippen LogP contribution in [0.2, 0.25) is 5.02 Å². The Kier molecular flexibility index (Phi) is 6.80. The number of hydrogen-bond acceptors (Lipinski definition) is 6. The zero-order chi connectivity index (χ0) is 23.6. The first-order chi connectivity index (χ1) is 15.7. The molecule has 0 bridgehead atoms. The molecule has 9 nitrogen and oxygen atoms in total. The Morgan fingerprint density at radius 3 is 2.85 bits per heavy atom. The van der Waals surface area contributed by atoms with Gasteiger partial charge in [-0.1, -0.05) is 23.7 Å². The quantitative estimate of drug-likeness (QED) is 0.524. The zero-order valence-electron chi connectivity index (χ0n) is 17.9. The Morgan fingerprint density at radius 1 is 1.30 bits per heavy atom. The van der Waals surface area contributed by atoms with Gasteiger partial charge >= 0.3 is 0 Å². The average Bonchev–Trinajstić information content (AvgIpc) is 3.31. The van der Waals surface area contributed by atoms with E-state index < -0.39 is 15.9 Å². The summed E-state index contributed by atoms with van der Waals surface area (Å²) in [5.74, 6) is -0.132. The van der Waals surface area contributed by atoms with E-state index in [0.717, 1.165) is 12.8 Å². The molecule has 0 saturated carbocycles. The maximum Gasteiger partial charge on any atom is 0.258 e. The molecule has 1 aliphatic heterocycles. The van der Waals surface area contributed by atoms with Crippen molar-refractivity contribution in [2.24, 2.45) is 0 Å². The maximum absolute atomic E-state index is 13.0. The highest BCUT2D eigenvalue weighted by Crippen LogP contribution is 2.24. The molecule has 2 heterocycles. The second kappa shape index (κ2) is 9.60. The van der Waals surface area contributed by atoms with Crippen molar-refractivity contribution in [1.29, 1.82) is 0 Å². The Morgan fingerprint density at radius 2 is 2.09 bits per heavy atom. The SMILES string of the molecule is CN(Cc1nc2ccccc2c(=O)[nH]1)C(=O)c1ccc(Cl)c(S(=O)(=O)NC[C@H]2CCCO2)c1. The van der Waals surface area contributed by atoms with Crippen molar-refractivity contribution in [1.82, 2.24) is 19.6 Å². The number of aromatic amines is 1. The van der Waals surface area contributed by atoms with Gasteiger partial charge in [0.25, 0.3) is 11.5 Å². The van der Waals surface area contributed by atoms with E-state index in [0.29, 0.717) is 23.3 Å². The van der Waals surface area contributed by atoms with Crippen molar-refractivity contribution in [3.8, 4) is 0 Å². The lowest BCUT2D eigenvalue weighted by atomic mass is 10.2. The summed E-state index contributed by atoms with van der Waals surface area (Å²) in [6, 6.07) is 11.0. The van der Waals surface area contributed by atoms with Crippen LogP contribution in [0.5, 0.6) is 0 Å². The maximum atomic E-state index is 13.0. The van der Waals surface area contributed by atoms with Crippen molar-refractivity contribution in [2.45, 2.75) is 30.4 Å². The Labute approximate surface area is 195 Å². The smallest absolute Gasteiger partial charge is 0.258 e. The molecule has 3 aromatic rings. The third kappa shape index (κ3) is 5.25. The first kappa shape index (κ1) is 23.4. The average molecular weight is 491 g/mol. The van der Waals surface area contributed by atoms with Crippen LogP contribution >= 0.6 is 11.6 Å². The molecule has 0 radical (unpaired) electrons. The summed E-state index contributed by atoms with van der Waals surface area (Å²) >= 11 is 6.14. The Hall–Kier alpha value is -2.79. The minimum Gasteiger partial charge on any atom is -0.377 e. The molecule has 2 N–H and O–H groups in total. The van der Waals surface area contributed by atoms with Gasteiger partial charge in [0.15, 0.2) is 0 Å². The molecule has 0 unspecified atom stereocenters. The lowest BCUT2D eigenvalue weighted by Gasteiger charge is -2.18. The van der Waals surface area contributed by atoms with Crippen LogP contribution in [0.15, 0.2) is 52.2 Å². The van der Waals surface area contributed by atoms with Gasteiger partial charge < -0.3 is 14.6 Å². The number of benzene rings is 2. The van der Waals surface area contributed by atoms with Gasteiger partial charge in [0.05, 0.1) is 28.6 Å². The van der Waals surface area contributed by atoms with Crippen LogP contribution in [-0.4, -0.2) is 55.5 Å². The highest BCUT2D eigenvalue weighted by molar-refractivity contribution is 7.89. The molecule has 1 fully saturated rings. The summed E-state index contributed by atoms with van der Waals surface area (Å²) < 4.78 is 33.5. The van der Waals surface area contributed by atoms with Gasteiger partial charge in [-0.05, 0) is 43.2 Å². The number of H-pyrrole nitrogens is 1. The second-order valence-electron chi connectivity index (χ2n) is 7.82. The number of halogens is 1. The van der Waals surface area contributed by atoms with Crippen LogP contribution in [0.1, 0.15) is 29.0 Å². The normalized spacial score (nSPS) is 16.2. The number of nitrogens with one attached hydrogen (secondary N) is 2. The number of nitrogens with zero attached hydrogens (tertiary/aromatic N) is 2. The summed E-state index contributed by atoms with van der Waals surface area (Å²) in [6.07, 6.45) is 1.50. The van der Waals surface area contributed by atoms with Gasteiger partial charge in [-0.25, -0.2) is 18.1 Å². The Balaban J connectivity index is 1.52. The first-order valence-corrected chi connectivity index (χ1v) is 12.2. The third-order valence-corrected chi connectivity index (χ3v) is 7.29. The molecule has 1 saturated heterocycles. The van der Waals surface area contributed by atoms with Crippen LogP contribution in [0.3, 0.4) is 0 Å². The first-order valence-electron chi connectivity index (χ1n) is 10.4. The van der Waals surface area contributed by atoms with E-state index in [-0.39, 0.29) is 40.2 Å². The fraction of sp³-hybridized carbons (Fsp3) is 0.318. The molecular weight excluding hydrogens is 468 g/mol. The van der Waals surface area contributed by atoms with E-state index in [1.807, 2.05) is 0 Å². The van der Waals surface area contributed by atoms with E-state index in [1.165, 1.54) is 30.1 Å². The number of ether oxygens (including phenoxy) is 1. The van der Waals surface area contributed by atoms with Crippen molar-refractivity contribution in [3.63, 3.8) is 0 Å². The number of rotatable bonds is 7. The topological polar surface area (TPSA) is 121 Å². The number of sulfonamides is 1. The molecule has 1 aliphatic rings. The summed E-state index contributed by atoms with van der Waals surface area (Å²) in [5, 5.41) is 0.466. The number of aromatic nitrogens is 2. The second-order valence-corrected chi connectivity index (χ2v) is 9.97. The van der Waals surface area contributed by atoms with Gasteiger partial charge in [0, 0.05) is 25.8 Å². The van der Waals surface area contributed by atoms with E-state index in [1.54, 1.807) is 24.3 Å². The summed E-state index contributed by atoms with van der Waals surface area (Å²) in [4.78, 5) is 33.5. The number of carbonyl (C=O) groups is 1. The van der Waals surface area contributed by atoms with Crippen LogP contribution < -0.4 is 10.3 Å². The van der Waals surface area contributed by atoms with Crippen LogP contribution in [0.4, 0.5) is 0 Å². The summed E-state index contributed by atoms with van der Waals surface area (Å²) in [5.41, 5.74) is 0.366. The predicted molar refractivity (Wildman–Crippen MR) is 124 cm³/mol.